The maximum Gasteiger partial charge on any atom is 0.255 e. The van der Waals surface area contributed by atoms with Crippen molar-refractivity contribution in [1.29, 1.82) is 0 Å². The molecule has 2 amide bonds. The van der Waals surface area contributed by atoms with Gasteiger partial charge in [0.1, 0.15) is 10.6 Å². The molecule has 3 aromatic rings. The van der Waals surface area contributed by atoms with Gasteiger partial charge >= 0.3 is 0 Å². The molecule has 0 heterocycles. The van der Waals surface area contributed by atoms with Crippen molar-refractivity contribution in [3.05, 3.63) is 83.9 Å². The first-order chi connectivity index (χ1) is 14.8. The van der Waals surface area contributed by atoms with Crippen LogP contribution in [0, 0.1) is 0 Å². The largest absolute Gasteiger partial charge is 0.495 e. The summed E-state index contributed by atoms with van der Waals surface area (Å²) in [5.41, 5.74) is 1.58. The molecule has 3 N–H and O–H groups in total. The first-order valence-corrected chi connectivity index (χ1v) is 10.7. The highest BCUT2D eigenvalue weighted by Crippen LogP contribution is 2.25. The van der Waals surface area contributed by atoms with E-state index in [0.717, 1.165) is 0 Å². The predicted molar refractivity (Wildman–Crippen MR) is 118 cm³/mol. The summed E-state index contributed by atoms with van der Waals surface area (Å²) >= 11 is 0. The molecule has 0 aromatic heterocycles. The van der Waals surface area contributed by atoms with Crippen LogP contribution in [-0.4, -0.2) is 34.4 Å². The molecule has 9 heteroatoms. The van der Waals surface area contributed by atoms with E-state index in [2.05, 4.69) is 15.4 Å². The zero-order valence-electron chi connectivity index (χ0n) is 16.9. The summed E-state index contributed by atoms with van der Waals surface area (Å²) in [5.74, 6) is -0.667. The van der Waals surface area contributed by atoms with Crippen LogP contribution >= 0.6 is 0 Å². The number of methoxy groups -OCH3 is 1. The third kappa shape index (κ3) is 5.27. The molecule has 3 rings (SSSR count). The van der Waals surface area contributed by atoms with Gasteiger partial charge in [-0.15, -0.1) is 0 Å². The van der Waals surface area contributed by atoms with Crippen molar-refractivity contribution in [2.45, 2.75) is 4.90 Å². The van der Waals surface area contributed by atoms with Crippen LogP contribution in [-0.2, 0) is 10.0 Å². The Morgan fingerprint density at radius 1 is 0.774 bits per heavy atom. The van der Waals surface area contributed by atoms with E-state index >= 15 is 0 Å². The molecule has 0 saturated heterocycles. The minimum absolute atomic E-state index is 0.122. The first-order valence-electron chi connectivity index (χ1n) is 9.23. The third-order valence-corrected chi connectivity index (χ3v) is 5.83. The molecule has 0 aliphatic rings. The van der Waals surface area contributed by atoms with E-state index in [1.807, 2.05) is 6.07 Å². The molecule has 0 bridgehead atoms. The van der Waals surface area contributed by atoms with Gasteiger partial charge in [-0.1, -0.05) is 24.3 Å². The molecule has 8 nitrogen and oxygen atoms in total. The smallest absolute Gasteiger partial charge is 0.255 e. The van der Waals surface area contributed by atoms with Gasteiger partial charge in [-0.2, -0.15) is 0 Å². The second-order valence-corrected chi connectivity index (χ2v) is 8.28. The zero-order valence-corrected chi connectivity index (χ0v) is 17.7. The molecule has 0 atom stereocenters. The Kier molecular flexibility index (Phi) is 6.68. The lowest BCUT2D eigenvalue weighted by molar-refractivity contribution is 0.101. The Labute approximate surface area is 180 Å². The van der Waals surface area contributed by atoms with Gasteiger partial charge in [0.25, 0.3) is 11.8 Å². The molecule has 0 unspecified atom stereocenters. The molecule has 0 fully saturated rings. The van der Waals surface area contributed by atoms with Crippen molar-refractivity contribution in [2.24, 2.45) is 0 Å². The quantitative estimate of drug-likeness (QED) is 0.524. The summed E-state index contributed by atoms with van der Waals surface area (Å²) in [6, 6.07) is 19.5. The van der Waals surface area contributed by atoms with Crippen molar-refractivity contribution in [3.8, 4) is 5.75 Å². The second-order valence-electron chi connectivity index (χ2n) is 6.43. The van der Waals surface area contributed by atoms with Gasteiger partial charge in [0, 0.05) is 22.5 Å². The number of carbonyl (C=O) groups is 2. The molecule has 0 aliphatic heterocycles. The van der Waals surface area contributed by atoms with E-state index in [4.69, 9.17) is 4.74 Å². The summed E-state index contributed by atoms with van der Waals surface area (Å²) in [7, 11) is -1.20. The summed E-state index contributed by atoms with van der Waals surface area (Å²) in [6.07, 6.45) is 0. The van der Waals surface area contributed by atoms with Crippen LogP contribution in [0.3, 0.4) is 0 Å². The fourth-order valence-electron chi connectivity index (χ4n) is 2.81. The number of benzene rings is 3. The molecule has 0 spiro atoms. The van der Waals surface area contributed by atoms with Gasteiger partial charge in [0.2, 0.25) is 10.0 Å². The maximum absolute atomic E-state index is 12.7. The highest BCUT2D eigenvalue weighted by molar-refractivity contribution is 7.89. The molecular formula is C22H21N3O5S. The van der Waals surface area contributed by atoms with Gasteiger partial charge in [-0.3, -0.25) is 9.59 Å². The molecule has 3 aromatic carbocycles. The number of nitrogens with one attached hydrogen (secondary N) is 3. The lowest BCUT2D eigenvalue weighted by atomic mass is 10.2. The number of carbonyl (C=O) groups excluding carboxylic acids is 2. The standard InChI is InChI=1S/C22H21N3O5S/c1-23-31(28,29)20-13-16(11-12-19(20)30-2)22(27)25-18-10-6-9-17(14-18)24-21(26)15-7-4-3-5-8-15/h3-14,23H,1-2H3,(H,24,26)(H,25,27). The summed E-state index contributed by atoms with van der Waals surface area (Å²) < 4.78 is 31.7. The summed E-state index contributed by atoms with van der Waals surface area (Å²) in [4.78, 5) is 24.9. The van der Waals surface area contributed by atoms with Crippen LogP contribution in [0.1, 0.15) is 20.7 Å². The van der Waals surface area contributed by atoms with Crippen LogP contribution in [0.5, 0.6) is 5.75 Å². The van der Waals surface area contributed by atoms with Crippen LogP contribution in [0.15, 0.2) is 77.7 Å². The minimum Gasteiger partial charge on any atom is -0.495 e. The maximum atomic E-state index is 12.7. The molecule has 0 saturated carbocycles. The van der Waals surface area contributed by atoms with Crippen molar-refractivity contribution in [3.63, 3.8) is 0 Å². The van der Waals surface area contributed by atoms with E-state index in [1.165, 1.54) is 32.4 Å². The first kappa shape index (κ1) is 22.0. The molecule has 31 heavy (non-hydrogen) atoms. The Morgan fingerprint density at radius 3 is 1.97 bits per heavy atom. The highest BCUT2D eigenvalue weighted by Gasteiger charge is 2.20. The SMILES string of the molecule is CNS(=O)(=O)c1cc(C(=O)Nc2cccc(NC(=O)c3ccccc3)c2)ccc1OC. The topological polar surface area (TPSA) is 114 Å². The molecule has 0 aliphatic carbocycles. The van der Waals surface area contributed by atoms with E-state index in [1.54, 1.807) is 48.5 Å². The predicted octanol–water partition coefficient (Wildman–Crippen LogP) is 3.11. The van der Waals surface area contributed by atoms with Gasteiger partial charge in [-0.25, -0.2) is 13.1 Å². The van der Waals surface area contributed by atoms with Crippen LogP contribution in [0.25, 0.3) is 0 Å². The van der Waals surface area contributed by atoms with Gasteiger partial charge in [-0.05, 0) is 55.6 Å². The zero-order chi connectivity index (χ0) is 22.4. The van der Waals surface area contributed by atoms with Gasteiger partial charge < -0.3 is 15.4 Å². The summed E-state index contributed by atoms with van der Waals surface area (Å²) in [5, 5.41) is 5.47. The number of sulfonamides is 1. The van der Waals surface area contributed by atoms with Gasteiger partial charge in [0.05, 0.1) is 7.11 Å². The van der Waals surface area contributed by atoms with E-state index in [-0.39, 0.29) is 22.1 Å². The number of hydrogen-bond donors (Lipinski definition) is 3. The molecule has 0 radical (unpaired) electrons. The average molecular weight is 439 g/mol. The number of anilines is 2. The number of amides is 2. The summed E-state index contributed by atoms with van der Waals surface area (Å²) in [6.45, 7) is 0. The van der Waals surface area contributed by atoms with E-state index in [0.29, 0.717) is 16.9 Å². The highest BCUT2D eigenvalue weighted by atomic mass is 32.2. The van der Waals surface area contributed by atoms with Crippen LogP contribution < -0.4 is 20.1 Å². The Bertz CT molecular complexity index is 1210. The molecule has 160 valence electrons. The fourth-order valence-corrected chi connectivity index (χ4v) is 3.73. The minimum atomic E-state index is -3.82. The number of rotatable bonds is 7. The van der Waals surface area contributed by atoms with Crippen molar-refractivity contribution in [1.82, 2.24) is 4.72 Å². The van der Waals surface area contributed by atoms with E-state index in [9.17, 15) is 18.0 Å². The fraction of sp³-hybridized carbons (Fsp3) is 0.0909. The number of hydrogen-bond acceptors (Lipinski definition) is 5. The van der Waals surface area contributed by atoms with Crippen molar-refractivity contribution >= 4 is 33.2 Å². The van der Waals surface area contributed by atoms with Crippen LogP contribution in [0.2, 0.25) is 0 Å². The third-order valence-electron chi connectivity index (χ3n) is 4.40. The average Bonchev–Trinajstić information content (AvgIpc) is 2.79. The van der Waals surface area contributed by atoms with Gasteiger partial charge in [0.15, 0.2) is 0 Å². The Morgan fingerprint density at radius 2 is 1.39 bits per heavy atom. The number of ether oxygens (including phenoxy) is 1. The second kappa shape index (κ2) is 9.41. The van der Waals surface area contributed by atoms with Crippen molar-refractivity contribution in [2.75, 3.05) is 24.8 Å². The Hall–Kier alpha value is -3.69. The molecular weight excluding hydrogens is 418 g/mol. The monoisotopic (exact) mass is 439 g/mol. The Balaban J connectivity index is 1.79. The van der Waals surface area contributed by atoms with Crippen LogP contribution in [0.4, 0.5) is 11.4 Å². The lowest BCUT2D eigenvalue weighted by Gasteiger charge is -2.12. The van der Waals surface area contributed by atoms with E-state index < -0.39 is 15.9 Å². The normalized spacial score (nSPS) is 10.9. The van der Waals surface area contributed by atoms with Crippen molar-refractivity contribution < 1.29 is 22.7 Å². The lowest BCUT2D eigenvalue weighted by Crippen LogP contribution is -2.20.